The molecule has 3 aromatic rings. The van der Waals surface area contributed by atoms with Crippen molar-refractivity contribution in [2.24, 2.45) is 0 Å². The molecule has 6 heteroatoms. The average molecular weight is 357 g/mol. The number of benzene rings is 1. The van der Waals surface area contributed by atoms with E-state index in [0.29, 0.717) is 16.8 Å². The van der Waals surface area contributed by atoms with Crippen molar-refractivity contribution in [3.63, 3.8) is 0 Å². The number of fused-ring (bicyclic) bond motifs is 1. The average Bonchev–Trinajstić information content (AvgIpc) is 2.99. The van der Waals surface area contributed by atoms with Gasteiger partial charge in [-0.05, 0) is 46.6 Å². The normalized spacial score (nSPS) is 12.9. The molecule has 0 fully saturated rings. The van der Waals surface area contributed by atoms with Crippen molar-refractivity contribution in [3.05, 3.63) is 56.9 Å². The molecule has 0 saturated carbocycles. The summed E-state index contributed by atoms with van der Waals surface area (Å²) in [6.45, 7) is 2.47. The quantitative estimate of drug-likeness (QED) is 0.657. The molecule has 104 valence electrons. The number of furan rings is 1. The number of oxazole rings is 1. The smallest absolute Gasteiger partial charge is 0.419 e. The van der Waals surface area contributed by atoms with E-state index in [-0.39, 0.29) is 11.1 Å². The molecule has 1 atom stereocenters. The van der Waals surface area contributed by atoms with Gasteiger partial charge in [-0.15, -0.1) is 11.6 Å². The van der Waals surface area contributed by atoms with Gasteiger partial charge in [0, 0.05) is 12.1 Å². The summed E-state index contributed by atoms with van der Waals surface area (Å²) in [5.41, 5.74) is 3.00. The Morgan fingerprint density at radius 2 is 2.20 bits per heavy atom. The topological polar surface area (TPSA) is 48.3 Å². The Morgan fingerprint density at radius 1 is 1.40 bits per heavy atom. The maximum Gasteiger partial charge on any atom is 0.419 e. The Hall–Kier alpha value is -1.46. The molecule has 0 aliphatic heterocycles. The standard InChI is InChI=1S/C14H11BrClNO3/c1-2-17-10-4-3-8(7-11(10)20-14(17)18)12(16)9-5-6-19-13(9)15/h3-7,12H,2H2,1H3. The summed E-state index contributed by atoms with van der Waals surface area (Å²) in [7, 11) is 0. The van der Waals surface area contributed by atoms with Crippen molar-refractivity contribution in [1.82, 2.24) is 4.57 Å². The summed E-state index contributed by atoms with van der Waals surface area (Å²) in [6.07, 6.45) is 1.57. The third-order valence-corrected chi connectivity index (χ3v) is 4.35. The number of alkyl halides is 1. The van der Waals surface area contributed by atoms with E-state index in [9.17, 15) is 4.79 Å². The molecule has 4 nitrogen and oxygen atoms in total. The van der Waals surface area contributed by atoms with E-state index in [2.05, 4.69) is 15.9 Å². The number of hydrogen-bond acceptors (Lipinski definition) is 3. The molecule has 0 saturated heterocycles. The Morgan fingerprint density at radius 3 is 2.85 bits per heavy atom. The van der Waals surface area contributed by atoms with Crippen molar-refractivity contribution in [1.29, 1.82) is 0 Å². The first-order valence-corrected chi connectivity index (χ1v) is 7.35. The second-order valence-corrected chi connectivity index (χ2v) is 5.51. The Labute approximate surface area is 128 Å². The number of hydrogen-bond donors (Lipinski definition) is 0. The number of nitrogens with zero attached hydrogens (tertiary/aromatic N) is 1. The molecule has 2 heterocycles. The van der Waals surface area contributed by atoms with Gasteiger partial charge in [0.25, 0.3) is 0 Å². The molecule has 0 N–H and O–H groups in total. The van der Waals surface area contributed by atoms with E-state index in [4.69, 9.17) is 20.4 Å². The van der Waals surface area contributed by atoms with Gasteiger partial charge >= 0.3 is 5.76 Å². The largest absolute Gasteiger partial charge is 0.457 e. The lowest BCUT2D eigenvalue weighted by molar-refractivity contribution is 0.513. The van der Waals surface area contributed by atoms with Crippen molar-refractivity contribution >= 4 is 38.6 Å². The lowest BCUT2D eigenvalue weighted by Gasteiger charge is -2.08. The second kappa shape index (κ2) is 5.14. The maximum absolute atomic E-state index is 11.7. The van der Waals surface area contributed by atoms with Gasteiger partial charge in [0.1, 0.15) is 0 Å². The predicted molar refractivity (Wildman–Crippen MR) is 80.3 cm³/mol. The first-order valence-electron chi connectivity index (χ1n) is 6.12. The third-order valence-electron chi connectivity index (χ3n) is 3.22. The van der Waals surface area contributed by atoms with Crippen molar-refractivity contribution < 1.29 is 8.83 Å². The van der Waals surface area contributed by atoms with E-state index < -0.39 is 0 Å². The first kappa shape index (κ1) is 13.5. The molecular formula is C14H11BrClNO3. The van der Waals surface area contributed by atoms with Crippen LogP contribution in [0.1, 0.15) is 23.4 Å². The summed E-state index contributed by atoms with van der Waals surface area (Å²) >= 11 is 9.75. The summed E-state index contributed by atoms with van der Waals surface area (Å²) in [6, 6.07) is 7.34. The zero-order chi connectivity index (χ0) is 14.3. The minimum atomic E-state index is -0.372. The van der Waals surface area contributed by atoms with Crippen LogP contribution in [0, 0.1) is 0 Å². The van der Waals surface area contributed by atoms with E-state index in [0.717, 1.165) is 16.6 Å². The van der Waals surface area contributed by atoms with Gasteiger partial charge in [0.2, 0.25) is 0 Å². The fourth-order valence-corrected chi connectivity index (χ4v) is 3.11. The summed E-state index contributed by atoms with van der Waals surface area (Å²) in [5, 5.41) is -0.372. The van der Waals surface area contributed by atoms with Crippen molar-refractivity contribution in [3.8, 4) is 0 Å². The van der Waals surface area contributed by atoms with Crippen LogP contribution in [-0.4, -0.2) is 4.57 Å². The minimum Gasteiger partial charge on any atom is -0.457 e. The van der Waals surface area contributed by atoms with Gasteiger partial charge in [-0.2, -0.15) is 0 Å². The highest BCUT2D eigenvalue weighted by Crippen LogP contribution is 2.35. The van der Waals surface area contributed by atoms with E-state index in [1.165, 1.54) is 0 Å². The lowest BCUT2D eigenvalue weighted by Crippen LogP contribution is -2.11. The molecule has 0 radical (unpaired) electrons. The van der Waals surface area contributed by atoms with E-state index in [1.807, 2.05) is 19.1 Å². The number of halogens is 2. The summed E-state index contributed by atoms with van der Waals surface area (Å²) in [5.74, 6) is -0.352. The zero-order valence-electron chi connectivity index (χ0n) is 10.6. The fraction of sp³-hybridized carbons (Fsp3) is 0.214. The number of aryl methyl sites for hydroxylation is 1. The number of rotatable bonds is 3. The molecule has 0 spiro atoms. The van der Waals surface area contributed by atoms with Gasteiger partial charge < -0.3 is 8.83 Å². The summed E-state index contributed by atoms with van der Waals surface area (Å²) < 4.78 is 12.6. The molecule has 1 aromatic carbocycles. The van der Waals surface area contributed by atoms with Gasteiger partial charge in [-0.3, -0.25) is 4.57 Å². The van der Waals surface area contributed by atoms with E-state index in [1.54, 1.807) is 23.0 Å². The lowest BCUT2D eigenvalue weighted by atomic mass is 10.1. The molecule has 0 aliphatic rings. The highest BCUT2D eigenvalue weighted by Gasteiger charge is 2.18. The number of aromatic nitrogens is 1. The van der Waals surface area contributed by atoms with Gasteiger partial charge in [0.05, 0.1) is 17.2 Å². The molecule has 20 heavy (non-hydrogen) atoms. The highest BCUT2D eigenvalue weighted by molar-refractivity contribution is 9.10. The molecule has 1 unspecified atom stereocenters. The molecule has 0 bridgehead atoms. The van der Waals surface area contributed by atoms with Crippen LogP contribution >= 0.6 is 27.5 Å². The van der Waals surface area contributed by atoms with Crippen LogP contribution in [0.2, 0.25) is 0 Å². The van der Waals surface area contributed by atoms with Gasteiger partial charge in [-0.1, -0.05) is 6.07 Å². The van der Waals surface area contributed by atoms with Crippen LogP contribution in [0.25, 0.3) is 11.1 Å². The molecular weight excluding hydrogens is 346 g/mol. The highest BCUT2D eigenvalue weighted by atomic mass is 79.9. The predicted octanol–water partition coefficient (Wildman–Crippen LogP) is 4.30. The molecule has 3 rings (SSSR count). The molecule has 0 amide bonds. The van der Waals surface area contributed by atoms with Crippen molar-refractivity contribution in [2.45, 2.75) is 18.8 Å². The van der Waals surface area contributed by atoms with Gasteiger partial charge in [0.15, 0.2) is 10.3 Å². The minimum absolute atomic E-state index is 0.352. The zero-order valence-corrected chi connectivity index (χ0v) is 12.9. The third kappa shape index (κ3) is 2.11. The maximum atomic E-state index is 11.7. The van der Waals surface area contributed by atoms with Crippen LogP contribution in [-0.2, 0) is 6.54 Å². The molecule has 2 aromatic heterocycles. The monoisotopic (exact) mass is 355 g/mol. The second-order valence-electron chi connectivity index (χ2n) is 4.35. The van der Waals surface area contributed by atoms with Crippen LogP contribution in [0.5, 0.6) is 0 Å². The Bertz CT molecular complexity index is 817. The summed E-state index contributed by atoms with van der Waals surface area (Å²) in [4.78, 5) is 11.7. The van der Waals surface area contributed by atoms with Crippen LogP contribution in [0.4, 0.5) is 0 Å². The van der Waals surface area contributed by atoms with Crippen LogP contribution in [0.3, 0.4) is 0 Å². The van der Waals surface area contributed by atoms with E-state index >= 15 is 0 Å². The van der Waals surface area contributed by atoms with Crippen LogP contribution in [0.15, 0.2) is 48.8 Å². The Kier molecular flexibility index (Phi) is 3.48. The molecule has 0 aliphatic carbocycles. The SMILES string of the molecule is CCn1c(=O)oc2cc(C(Cl)c3ccoc3Br)ccc21. The van der Waals surface area contributed by atoms with Crippen molar-refractivity contribution in [2.75, 3.05) is 0 Å². The van der Waals surface area contributed by atoms with Gasteiger partial charge in [-0.25, -0.2) is 4.79 Å². The first-order chi connectivity index (χ1) is 9.61. The van der Waals surface area contributed by atoms with Crippen LogP contribution < -0.4 is 5.76 Å². The Balaban J connectivity index is 2.10. The fourth-order valence-electron chi connectivity index (χ4n) is 2.20.